The van der Waals surface area contributed by atoms with E-state index in [4.69, 9.17) is 9.84 Å². The predicted molar refractivity (Wildman–Crippen MR) is 87.8 cm³/mol. The number of methoxy groups -OCH3 is 1. The number of carboxylic acid groups (broad SMARTS) is 1. The summed E-state index contributed by atoms with van der Waals surface area (Å²) in [6, 6.07) is 3.41. The molecule has 2 N–H and O–H groups in total. The highest BCUT2D eigenvalue weighted by molar-refractivity contribution is 5.95. The van der Waals surface area contributed by atoms with E-state index >= 15 is 0 Å². The molecule has 0 saturated carbocycles. The monoisotopic (exact) mass is 359 g/mol. The summed E-state index contributed by atoms with van der Waals surface area (Å²) in [4.78, 5) is 35.2. The van der Waals surface area contributed by atoms with E-state index in [-0.39, 0.29) is 30.3 Å². The summed E-state index contributed by atoms with van der Waals surface area (Å²) in [7, 11) is 1.39. The Bertz CT molecular complexity index is 639. The van der Waals surface area contributed by atoms with E-state index in [9.17, 15) is 19.7 Å². The number of halogens is 1. The third-order valence-corrected chi connectivity index (χ3v) is 3.67. The van der Waals surface area contributed by atoms with Crippen LogP contribution in [0, 0.1) is 10.1 Å². The first-order valence-corrected chi connectivity index (χ1v) is 7.01. The van der Waals surface area contributed by atoms with Crippen molar-refractivity contribution >= 4 is 35.7 Å². The molecule has 0 bridgehead atoms. The van der Waals surface area contributed by atoms with E-state index in [1.807, 2.05) is 0 Å². The quantitative estimate of drug-likeness (QED) is 0.583. The van der Waals surface area contributed by atoms with Gasteiger partial charge in [-0.1, -0.05) is 0 Å². The van der Waals surface area contributed by atoms with Gasteiger partial charge in [0.1, 0.15) is 17.5 Å². The minimum Gasteiger partial charge on any atom is -0.496 e. The molecule has 1 saturated heterocycles. The second kappa shape index (κ2) is 8.46. The average molecular weight is 360 g/mol. The zero-order valence-corrected chi connectivity index (χ0v) is 13.7. The van der Waals surface area contributed by atoms with Crippen molar-refractivity contribution in [3.8, 4) is 5.75 Å². The van der Waals surface area contributed by atoms with Gasteiger partial charge in [-0.3, -0.25) is 24.6 Å². The molecule has 0 radical (unpaired) electrons. The molecule has 1 unspecified atom stereocenters. The normalized spacial score (nSPS) is 17.0. The molecule has 1 amide bonds. The molecular formula is C14H18ClN3O6. The number of nitro groups is 1. The summed E-state index contributed by atoms with van der Waals surface area (Å²) >= 11 is 0. The number of carbonyl (C=O) groups excluding carboxylic acids is 1. The van der Waals surface area contributed by atoms with E-state index in [2.05, 4.69) is 5.32 Å². The molecule has 1 aromatic carbocycles. The molecule has 9 nitrogen and oxygen atoms in total. The third-order valence-electron chi connectivity index (χ3n) is 3.67. The summed E-state index contributed by atoms with van der Waals surface area (Å²) in [6.45, 7) is 0.384. The molecule has 10 heteroatoms. The first-order valence-electron chi connectivity index (χ1n) is 7.01. The minimum atomic E-state index is -0.967. The number of nitrogens with zero attached hydrogens (tertiary/aromatic N) is 2. The van der Waals surface area contributed by atoms with Crippen LogP contribution in [0.3, 0.4) is 0 Å². The summed E-state index contributed by atoms with van der Waals surface area (Å²) in [5.41, 5.74) is -0.235. The van der Waals surface area contributed by atoms with Gasteiger partial charge in [0.2, 0.25) is 5.91 Å². The fourth-order valence-electron chi connectivity index (χ4n) is 2.56. The molecule has 1 fully saturated rings. The summed E-state index contributed by atoms with van der Waals surface area (Å²) < 4.78 is 4.92. The fraction of sp³-hybridized carbons (Fsp3) is 0.429. The Morgan fingerprint density at radius 3 is 2.79 bits per heavy atom. The molecule has 2 rings (SSSR count). The Balaban J connectivity index is 0.00000288. The zero-order valence-electron chi connectivity index (χ0n) is 12.9. The highest BCUT2D eigenvalue weighted by Gasteiger charge is 2.31. The first-order chi connectivity index (χ1) is 10.9. The van der Waals surface area contributed by atoms with Crippen molar-refractivity contribution in [2.75, 3.05) is 25.5 Å². The molecular weight excluding hydrogens is 342 g/mol. The number of hydrogen-bond donors (Lipinski definition) is 2. The van der Waals surface area contributed by atoms with Crippen molar-refractivity contribution in [3.63, 3.8) is 0 Å². The van der Waals surface area contributed by atoms with Gasteiger partial charge in [-0.05, 0) is 31.5 Å². The Labute approximate surface area is 144 Å². The van der Waals surface area contributed by atoms with E-state index in [1.165, 1.54) is 25.3 Å². The maximum atomic E-state index is 12.1. The SMILES string of the molecule is COc1ccc(NC(=O)CN2CCCC2C(=O)O)c([N+](=O)[O-])c1.Cl. The van der Waals surface area contributed by atoms with Crippen LogP contribution < -0.4 is 10.1 Å². The van der Waals surface area contributed by atoms with Gasteiger partial charge in [0.15, 0.2) is 0 Å². The van der Waals surface area contributed by atoms with Crippen LogP contribution >= 0.6 is 12.4 Å². The molecule has 0 aliphatic carbocycles. The number of aliphatic carboxylic acids is 1. The Hall–Kier alpha value is -2.39. The van der Waals surface area contributed by atoms with Crippen molar-refractivity contribution in [3.05, 3.63) is 28.3 Å². The fourth-order valence-corrected chi connectivity index (χ4v) is 2.56. The van der Waals surface area contributed by atoms with E-state index in [0.717, 1.165) is 0 Å². The highest BCUT2D eigenvalue weighted by atomic mass is 35.5. The van der Waals surface area contributed by atoms with Gasteiger partial charge < -0.3 is 15.2 Å². The largest absolute Gasteiger partial charge is 0.496 e. The van der Waals surface area contributed by atoms with Crippen molar-refractivity contribution in [1.29, 1.82) is 0 Å². The van der Waals surface area contributed by atoms with Gasteiger partial charge in [-0.2, -0.15) is 0 Å². The third kappa shape index (κ3) is 4.56. The van der Waals surface area contributed by atoms with Gasteiger partial charge in [-0.25, -0.2) is 0 Å². The van der Waals surface area contributed by atoms with Gasteiger partial charge in [0, 0.05) is 0 Å². The van der Waals surface area contributed by atoms with Gasteiger partial charge in [0.05, 0.1) is 24.6 Å². The van der Waals surface area contributed by atoms with Gasteiger partial charge >= 0.3 is 5.97 Å². The molecule has 1 heterocycles. The van der Waals surface area contributed by atoms with Crippen LogP contribution in [-0.4, -0.2) is 53.0 Å². The van der Waals surface area contributed by atoms with Gasteiger partial charge in [0.25, 0.3) is 5.69 Å². The Kier molecular flexibility index (Phi) is 6.93. The number of hydrogen-bond acceptors (Lipinski definition) is 6. The van der Waals surface area contributed by atoms with E-state index in [0.29, 0.717) is 25.1 Å². The number of anilines is 1. The first kappa shape index (κ1) is 19.7. The van der Waals surface area contributed by atoms with Crippen LogP contribution in [-0.2, 0) is 9.59 Å². The number of likely N-dealkylation sites (tertiary alicyclic amines) is 1. The average Bonchev–Trinajstić information content (AvgIpc) is 2.95. The topological polar surface area (TPSA) is 122 Å². The molecule has 1 aliphatic rings. The molecule has 1 aromatic rings. The molecule has 1 atom stereocenters. The van der Waals surface area contributed by atoms with E-state index < -0.39 is 22.8 Å². The lowest BCUT2D eigenvalue weighted by Gasteiger charge is -2.20. The lowest BCUT2D eigenvalue weighted by atomic mass is 10.2. The zero-order chi connectivity index (χ0) is 17.0. The summed E-state index contributed by atoms with van der Waals surface area (Å²) in [6.07, 6.45) is 1.19. The van der Waals surface area contributed by atoms with Crippen molar-refractivity contribution in [2.24, 2.45) is 0 Å². The number of benzene rings is 1. The number of carbonyl (C=O) groups is 2. The second-order valence-electron chi connectivity index (χ2n) is 5.16. The summed E-state index contributed by atoms with van der Waals surface area (Å²) in [5, 5.41) is 22.6. The lowest BCUT2D eigenvalue weighted by Crippen LogP contribution is -2.40. The molecule has 0 spiro atoms. The van der Waals surface area contributed by atoms with Crippen molar-refractivity contribution in [2.45, 2.75) is 18.9 Å². The van der Waals surface area contributed by atoms with Crippen LogP contribution in [0.25, 0.3) is 0 Å². The molecule has 132 valence electrons. The number of nitrogens with one attached hydrogen (secondary N) is 1. The van der Waals surface area contributed by atoms with Crippen LogP contribution in [0.2, 0.25) is 0 Å². The minimum absolute atomic E-state index is 0. The molecule has 1 aliphatic heterocycles. The van der Waals surface area contributed by atoms with Gasteiger partial charge in [-0.15, -0.1) is 12.4 Å². The number of carboxylic acids is 1. The standard InChI is InChI=1S/C14H17N3O6.ClH/c1-23-9-4-5-10(12(7-9)17(21)22)15-13(18)8-16-6-2-3-11(16)14(19)20;/h4-5,7,11H,2-3,6,8H2,1H3,(H,15,18)(H,19,20);1H. The van der Waals surface area contributed by atoms with Crippen molar-refractivity contribution in [1.82, 2.24) is 4.90 Å². The maximum Gasteiger partial charge on any atom is 0.320 e. The smallest absolute Gasteiger partial charge is 0.320 e. The summed E-state index contributed by atoms with van der Waals surface area (Å²) in [5.74, 6) is -1.16. The lowest BCUT2D eigenvalue weighted by molar-refractivity contribution is -0.384. The Morgan fingerprint density at radius 2 is 2.21 bits per heavy atom. The molecule has 24 heavy (non-hydrogen) atoms. The van der Waals surface area contributed by atoms with Crippen LogP contribution in [0.1, 0.15) is 12.8 Å². The second-order valence-corrected chi connectivity index (χ2v) is 5.16. The highest BCUT2D eigenvalue weighted by Crippen LogP contribution is 2.29. The van der Waals surface area contributed by atoms with Crippen LogP contribution in [0.4, 0.5) is 11.4 Å². The van der Waals surface area contributed by atoms with Crippen LogP contribution in [0.5, 0.6) is 5.75 Å². The van der Waals surface area contributed by atoms with E-state index in [1.54, 1.807) is 4.90 Å². The number of amides is 1. The maximum absolute atomic E-state index is 12.1. The number of rotatable bonds is 6. The Morgan fingerprint density at radius 1 is 1.50 bits per heavy atom. The predicted octanol–water partition coefficient (Wildman–Crippen LogP) is 1.51. The number of nitro benzene ring substituents is 1. The number of ether oxygens (including phenoxy) is 1. The van der Waals surface area contributed by atoms with Crippen LogP contribution in [0.15, 0.2) is 18.2 Å². The molecule has 0 aromatic heterocycles. The van der Waals surface area contributed by atoms with Crippen molar-refractivity contribution < 1.29 is 24.4 Å².